The summed E-state index contributed by atoms with van der Waals surface area (Å²) in [6, 6.07) is 10.8. The predicted molar refractivity (Wildman–Crippen MR) is 88.6 cm³/mol. The molecule has 0 unspecified atom stereocenters. The van der Waals surface area contributed by atoms with Crippen molar-refractivity contribution in [2.24, 2.45) is 0 Å². The molecule has 0 bridgehead atoms. The summed E-state index contributed by atoms with van der Waals surface area (Å²) in [7, 11) is 1.73. The molecule has 0 atom stereocenters. The second kappa shape index (κ2) is 5.64. The Labute approximate surface area is 131 Å². The van der Waals surface area contributed by atoms with Gasteiger partial charge in [-0.15, -0.1) is 0 Å². The molecule has 1 fully saturated rings. The van der Waals surface area contributed by atoms with Crippen molar-refractivity contribution in [2.75, 3.05) is 12.4 Å². The van der Waals surface area contributed by atoms with Crippen LogP contribution in [-0.2, 0) is 19.4 Å². The minimum Gasteiger partial charge on any atom is -0.497 e. The summed E-state index contributed by atoms with van der Waals surface area (Å²) in [6.07, 6.45) is 6.18. The SMILES string of the molecule is COc1ccc(C2CC2)c(CNc2ccc3c(n2)CCC3)c1. The number of nitrogens with zero attached hydrogens (tertiary/aromatic N) is 1. The van der Waals surface area contributed by atoms with Gasteiger partial charge in [0.15, 0.2) is 0 Å². The first-order valence-electron chi connectivity index (χ1n) is 8.23. The molecule has 22 heavy (non-hydrogen) atoms. The van der Waals surface area contributed by atoms with Gasteiger partial charge in [-0.25, -0.2) is 4.98 Å². The van der Waals surface area contributed by atoms with Crippen LogP contribution in [0.15, 0.2) is 30.3 Å². The molecule has 0 saturated heterocycles. The van der Waals surface area contributed by atoms with Crippen molar-refractivity contribution in [1.29, 1.82) is 0 Å². The molecule has 2 aliphatic carbocycles. The lowest BCUT2D eigenvalue weighted by Crippen LogP contribution is -2.05. The van der Waals surface area contributed by atoms with Crippen molar-refractivity contribution >= 4 is 5.82 Å². The van der Waals surface area contributed by atoms with Crippen LogP contribution in [0.25, 0.3) is 0 Å². The van der Waals surface area contributed by atoms with Gasteiger partial charge < -0.3 is 10.1 Å². The number of fused-ring (bicyclic) bond motifs is 1. The first-order chi connectivity index (χ1) is 10.8. The largest absolute Gasteiger partial charge is 0.497 e. The van der Waals surface area contributed by atoms with Gasteiger partial charge in [0.05, 0.1) is 7.11 Å². The third-order valence-corrected chi connectivity index (χ3v) is 4.76. The van der Waals surface area contributed by atoms with Gasteiger partial charge in [-0.05, 0) is 72.9 Å². The van der Waals surface area contributed by atoms with E-state index in [0.717, 1.165) is 30.5 Å². The number of methoxy groups -OCH3 is 1. The highest BCUT2D eigenvalue weighted by Gasteiger charge is 2.26. The van der Waals surface area contributed by atoms with Gasteiger partial charge >= 0.3 is 0 Å². The van der Waals surface area contributed by atoms with Crippen LogP contribution >= 0.6 is 0 Å². The lowest BCUT2D eigenvalue weighted by molar-refractivity contribution is 0.414. The number of pyridine rings is 1. The minimum absolute atomic E-state index is 0.746. The number of aryl methyl sites for hydroxylation is 2. The van der Waals surface area contributed by atoms with Crippen LogP contribution < -0.4 is 10.1 Å². The van der Waals surface area contributed by atoms with Crippen LogP contribution in [0.4, 0.5) is 5.82 Å². The molecule has 3 heteroatoms. The quantitative estimate of drug-likeness (QED) is 0.902. The number of aromatic nitrogens is 1. The van der Waals surface area contributed by atoms with Crippen LogP contribution in [0.5, 0.6) is 5.75 Å². The summed E-state index contributed by atoms with van der Waals surface area (Å²) in [5, 5.41) is 3.50. The highest BCUT2D eigenvalue weighted by Crippen LogP contribution is 2.42. The van der Waals surface area contributed by atoms with Gasteiger partial charge in [-0.2, -0.15) is 0 Å². The molecule has 0 aliphatic heterocycles. The number of ether oxygens (including phenoxy) is 1. The lowest BCUT2D eigenvalue weighted by Gasteiger charge is -2.13. The molecule has 0 spiro atoms. The number of hydrogen-bond acceptors (Lipinski definition) is 3. The van der Waals surface area contributed by atoms with Crippen LogP contribution in [0.1, 0.15) is 47.6 Å². The standard InChI is InChI=1S/C19H22N2O/c1-22-16-8-9-17(13-5-6-13)15(11-16)12-20-19-10-7-14-3-2-4-18(14)21-19/h7-11,13H,2-6,12H2,1H3,(H,20,21). The number of rotatable bonds is 5. The molecule has 4 rings (SSSR count). The zero-order valence-electron chi connectivity index (χ0n) is 13.1. The summed E-state index contributed by atoms with van der Waals surface area (Å²) in [4.78, 5) is 4.76. The van der Waals surface area contributed by atoms with E-state index in [2.05, 4.69) is 35.6 Å². The van der Waals surface area contributed by atoms with Gasteiger partial charge in [-0.1, -0.05) is 12.1 Å². The molecule has 0 amide bonds. The predicted octanol–water partition coefficient (Wildman–Crippen LogP) is 4.07. The molecule has 1 N–H and O–H groups in total. The van der Waals surface area contributed by atoms with E-state index in [1.807, 2.05) is 0 Å². The van der Waals surface area contributed by atoms with Crippen molar-refractivity contribution in [3.8, 4) is 5.75 Å². The number of benzene rings is 1. The summed E-state index contributed by atoms with van der Waals surface area (Å²) in [5.41, 5.74) is 5.50. The highest BCUT2D eigenvalue weighted by atomic mass is 16.5. The molecule has 1 saturated carbocycles. The molecular formula is C19H22N2O. The van der Waals surface area contributed by atoms with Crippen LogP contribution in [0.2, 0.25) is 0 Å². The zero-order chi connectivity index (χ0) is 14.9. The lowest BCUT2D eigenvalue weighted by atomic mass is 10.0. The van der Waals surface area contributed by atoms with Gasteiger partial charge in [0.1, 0.15) is 11.6 Å². The topological polar surface area (TPSA) is 34.1 Å². The van der Waals surface area contributed by atoms with E-state index in [4.69, 9.17) is 9.72 Å². The van der Waals surface area contributed by atoms with Gasteiger partial charge in [0, 0.05) is 12.2 Å². The number of hydrogen-bond donors (Lipinski definition) is 1. The van der Waals surface area contributed by atoms with Gasteiger partial charge in [0.2, 0.25) is 0 Å². The van der Waals surface area contributed by atoms with Crippen LogP contribution in [0.3, 0.4) is 0 Å². The minimum atomic E-state index is 0.746. The number of anilines is 1. The second-order valence-corrected chi connectivity index (χ2v) is 6.35. The van der Waals surface area contributed by atoms with E-state index in [9.17, 15) is 0 Å². The third-order valence-electron chi connectivity index (χ3n) is 4.76. The average Bonchev–Trinajstić information content (AvgIpc) is 3.29. The van der Waals surface area contributed by atoms with Crippen molar-refractivity contribution in [3.63, 3.8) is 0 Å². The van der Waals surface area contributed by atoms with E-state index in [0.29, 0.717) is 0 Å². The summed E-state index contributed by atoms with van der Waals surface area (Å²) in [5.74, 6) is 2.67. The monoisotopic (exact) mass is 294 g/mol. The Morgan fingerprint density at radius 2 is 2.09 bits per heavy atom. The van der Waals surface area contributed by atoms with Gasteiger partial charge in [0.25, 0.3) is 0 Å². The van der Waals surface area contributed by atoms with Crippen molar-refractivity contribution in [1.82, 2.24) is 4.98 Å². The molecule has 2 aliphatic rings. The first kappa shape index (κ1) is 13.6. The molecule has 3 nitrogen and oxygen atoms in total. The average molecular weight is 294 g/mol. The molecule has 114 valence electrons. The summed E-state index contributed by atoms with van der Waals surface area (Å²) in [6.45, 7) is 0.814. The van der Waals surface area contributed by atoms with E-state index in [-0.39, 0.29) is 0 Å². The Morgan fingerprint density at radius 1 is 1.18 bits per heavy atom. The van der Waals surface area contributed by atoms with E-state index >= 15 is 0 Å². The second-order valence-electron chi connectivity index (χ2n) is 6.35. The highest BCUT2D eigenvalue weighted by molar-refractivity contribution is 5.44. The Bertz CT molecular complexity index is 692. The summed E-state index contributed by atoms with van der Waals surface area (Å²) < 4.78 is 5.38. The zero-order valence-corrected chi connectivity index (χ0v) is 13.1. The molecule has 1 aromatic carbocycles. The van der Waals surface area contributed by atoms with Crippen LogP contribution in [0, 0.1) is 0 Å². The summed E-state index contributed by atoms with van der Waals surface area (Å²) >= 11 is 0. The Kier molecular flexibility index (Phi) is 3.49. The van der Waals surface area contributed by atoms with Crippen molar-refractivity contribution in [2.45, 2.75) is 44.6 Å². The Morgan fingerprint density at radius 3 is 2.91 bits per heavy atom. The van der Waals surface area contributed by atoms with E-state index in [1.54, 1.807) is 7.11 Å². The molecule has 1 heterocycles. The van der Waals surface area contributed by atoms with Crippen LogP contribution in [-0.4, -0.2) is 12.1 Å². The molecule has 1 aromatic heterocycles. The maximum atomic E-state index is 5.38. The Balaban J connectivity index is 1.53. The molecular weight excluding hydrogens is 272 g/mol. The van der Waals surface area contributed by atoms with Crippen molar-refractivity contribution < 1.29 is 4.74 Å². The third kappa shape index (κ3) is 2.68. The fourth-order valence-electron chi connectivity index (χ4n) is 3.36. The normalized spacial score (nSPS) is 16.4. The van der Waals surface area contributed by atoms with E-state index in [1.165, 1.54) is 48.1 Å². The van der Waals surface area contributed by atoms with Gasteiger partial charge in [-0.3, -0.25) is 0 Å². The maximum Gasteiger partial charge on any atom is 0.126 e. The van der Waals surface area contributed by atoms with E-state index < -0.39 is 0 Å². The fraction of sp³-hybridized carbons (Fsp3) is 0.421. The fourth-order valence-corrected chi connectivity index (χ4v) is 3.36. The first-order valence-corrected chi connectivity index (χ1v) is 8.23. The number of nitrogens with one attached hydrogen (secondary N) is 1. The Hall–Kier alpha value is -2.03. The maximum absolute atomic E-state index is 5.38. The smallest absolute Gasteiger partial charge is 0.126 e. The molecule has 0 radical (unpaired) electrons. The van der Waals surface area contributed by atoms with Crippen molar-refractivity contribution in [3.05, 3.63) is 52.7 Å². The molecule has 2 aromatic rings.